The summed E-state index contributed by atoms with van der Waals surface area (Å²) in [5, 5.41) is 1.33. The van der Waals surface area contributed by atoms with Gasteiger partial charge in [0.05, 0.1) is 0 Å². The van der Waals surface area contributed by atoms with E-state index in [4.69, 9.17) is 4.55 Å². The van der Waals surface area contributed by atoms with Gasteiger partial charge in [-0.15, -0.1) is 0 Å². The number of fused-ring (bicyclic) bond motifs is 1. The van der Waals surface area contributed by atoms with Crippen LogP contribution in [0.1, 0.15) is 104 Å². The summed E-state index contributed by atoms with van der Waals surface area (Å²) in [7, 11) is -4.13. The smallest absolute Gasteiger partial charge is 0.343 e. The zero-order valence-electron chi connectivity index (χ0n) is 21.2. The summed E-state index contributed by atoms with van der Waals surface area (Å²) < 4.78 is 31.0. The molecule has 2 aromatic carbocycles. The molecule has 0 aromatic heterocycles. The Morgan fingerprint density at radius 1 is 0.667 bits per heavy atom. The largest absolute Gasteiger partial charge is 2.00 e. The predicted octanol–water partition coefficient (Wildman–Crippen LogP) is 8.85. The normalized spacial score (nSPS) is 10.5. The van der Waals surface area contributed by atoms with Gasteiger partial charge in [-0.3, -0.25) is 4.55 Å². The van der Waals surface area contributed by atoms with Crippen LogP contribution in [0.25, 0.3) is 10.8 Å². The van der Waals surface area contributed by atoms with Gasteiger partial charge in [-0.25, -0.2) is 0 Å². The third kappa shape index (κ3) is 18.8. The van der Waals surface area contributed by atoms with Crippen LogP contribution >= 0.6 is 0 Å². The van der Waals surface area contributed by atoms with Gasteiger partial charge in [-0.2, -0.15) is 21.3 Å². The summed E-state index contributed by atoms with van der Waals surface area (Å²) in [4.78, 5) is -0.0457. The van der Waals surface area contributed by atoms with Gasteiger partial charge in [0.25, 0.3) is 10.1 Å². The van der Waals surface area contributed by atoms with Crippen LogP contribution in [0.15, 0.2) is 47.4 Å². The van der Waals surface area contributed by atoms with E-state index in [9.17, 15) is 8.42 Å². The Balaban J connectivity index is 0. The first-order valence-electron chi connectivity index (χ1n) is 12.5. The molecule has 184 valence electrons. The summed E-state index contributed by atoms with van der Waals surface area (Å²) in [5.41, 5.74) is 0. The second-order valence-electron chi connectivity index (χ2n) is 8.19. The van der Waals surface area contributed by atoms with Crippen molar-refractivity contribution in [2.75, 3.05) is 0 Å². The molecule has 0 fully saturated rings. The Morgan fingerprint density at radius 2 is 1.09 bits per heavy atom. The molecule has 0 aliphatic heterocycles. The van der Waals surface area contributed by atoms with E-state index < -0.39 is 10.1 Å². The number of benzene rings is 2. The van der Waals surface area contributed by atoms with E-state index >= 15 is 0 Å². The maximum Gasteiger partial charge on any atom is 2.00 e. The summed E-state index contributed by atoms with van der Waals surface area (Å²) in [6.45, 7) is 12.1. The minimum atomic E-state index is -4.13. The Kier molecular flexibility index (Phi) is 25.1. The maximum absolute atomic E-state index is 11.0. The fraction of sp³-hybridized carbons (Fsp3) is 0.571. The molecule has 0 radical (unpaired) electrons. The van der Waals surface area contributed by atoms with Crippen LogP contribution in [0.3, 0.4) is 0 Å². The molecule has 0 heterocycles. The SMILES string of the molecule is O=S(=O)(O)c1cccc2ccccc12.[CH2-]CCCCCCCC.[CH2-]CCCCCCCC.[Ca+2]. The summed E-state index contributed by atoms with van der Waals surface area (Å²) in [6, 6.07) is 11.8. The minimum Gasteiger partial charge on any atom is -0.343 e. The van der Waals surface area contributed by atoms with Gasteiger partial charge in [0.1, 0.15) is 4.90 Å². The van der Waals surface area contributed by atoms with Gasteiger partial charge in [-0.1, -0.05) is 127 Å². The topological polar surface area (TPSA) is 54.4 Å². The van der Waals surface area contributed by atoms with Gasteiger partial charge in [-0.05, 0) is 11.5 Å². The van der Waals surface area contributed by atoms with Crippen LogP contribution in [0, 0.1) is 13.8 Å². The molecule has 0 aliphatic rings. The van der Waals surface area contributed by atoms with Crippen LogP contribution in [0.2, 0.25) is 0 Å². The Morgan fingerprint density at radius 3 is 1.55 bits per heavy atom. The van der Waals surface area contributed by atoms with E-state index in [1.165, 1.54) is 83.1 Å². The first kappa shape index (κ1) is 35.0. The number of unbranched alkanes of at least 4 members (excludes halogenated alkanes) is 12. The average molecular weight is 503 g/mol. The Bertz CT molecular complexity index is 759. The van der Waals surface area contributed by atoms with E-state index in [2.05, 4.69) is 27.7 Å². The van der Waals surface area contributed by atoms with E-state index in [1.54, 1.807) is 30.3 Å². The molecular weight excluding hydrogens is 456 g/mol. The summed E-state index contributed by atoms with van der Waals surface area (Å²) >= 11 is 0. The molecule has 2 aromatic rings. The van der Waals surface area contributed by atoms with Gasteiger partial charge in [0.2, 0.25) is 0 Å². The van der Waals surface area contributed by atoms with Crippen molar-refractivity contribution in [3.8, 4) is 0 Å². The monoisotopic (exact) mass is 502 g/mol. The summed E-state index contributed by atoms with van der Waals surface area (Å²) in [5.74, 6) is 0. The molecule has 0 amide bonds. The van der Waals surface area contributed by atoms with Gasteiger partial charge in [0.15, 0.2) is 0 Å². The third-order valence-corrected chi connectivity index (χ3v) is 6.15. The average Bonchev–Trinajstić information content (AvgIpc) is 2.79. The second-order valence-corrected chi connectivity index (χ2v) is 9.58. The number of hydrogen-bond donors (Lipinski definition) is 1. The molecule has 0 unspecified atom stereocenters. The van der Waals surface area contributed by atoms with Crippen molar-refractivity contribution in [2.45, 2.75) is 109 Å². The molecule has 0 spiro atoms. The Hall–Kier alpha value is -0.130. The molecule has 0 bridgehead atoms. The molecule has 0 atom stereocenters. The van der Waals surface area contributed by atoms with E-state index in [1.807, 2.05) is 6.07 Å². The molecule has 0 aliphatic carbocycles. The third-order valence-electron chi connectivity index (χ3n) is 5.23. The standard InChI is InChI=1S/C10H8O3S.2C9H19.Ca/c11-14(12,13)10-7-3-5-8-4-1-2-6-9(8)10;2*1-3-5-7-9-8-6-4-2;/h1-7H,(H,11,12,13);2*1,3-9H2,2H3;/q;2*-1;+2. The van der Waals surface area contributed by atoms with Crippen molar-refractivity contribution in [1.82, 2.24) is 0 Å². The molecule has 5 heteroatoms. The van der Waals surface area contributed by atoms with Crippen LogP contribution in [-0.4, -0.2) is 50.7 Å². The van der Waals surface area contributed by atoms with E-state index in [0.29, 0.717) is 5.39 Å². The van der Waals surface area contributed by atoms with Crippen LogP contribution in [0.5, 0.6) is 0 Å². The molecule has 1 N–H and O–H groups in total. The molecule has 2 rings (SSSR count). The van der Waals surface area contributed by atoms with Crippen molar-refractivity contribution in [1.29, 1.82) is 0 Å². The molecule has 33 heavy (non-hydrogen) atoms. The molecular formula is C28H46CaO3S. The van der Waals surface area contributed by atoms with E-state index in [0.717, 1.165) is 18.2 Å². The van der Waals surface area contributed by atoms with Crippen molar-refractivity contribution in [2.24, 2.45) is 0 Å². The first-order valence-corrected chi connectivity index (χ1v) is 13.9. The number of rotatable bonds is 13. The summed E-state index contributed by atoms with van der Waals surface area (Å²) in [6.07, 6.45) is 18.9. The fourth-order valence-electron chi connectivity index (χ4n) is 3.33. The maximum atomic E-state index is 11.0. The zero-order valence-corrected chi connectivity index (χ0v) is 24.3. The van der Waals surface area contributed by atoms with Crippen LogP contribution in [-0.2, 0) is 10.1 Å². The molecule has 3 nitrogen and oxygen atoms in total. The van der Waals surface area contributed by atoms with Gasteiger partial charge in [0, 0.05) is 5.39 Å². The van der Waals surface area contributed by atoms with Gasteiger partial charge < -0.3 is 13.8 Å². The van der Waals surface area contributed by atoms with E-state index in [-0.39, 0.29) is 42.6 Å². The predicted molar refractivity (Wildman–Crippen MR) is 146 cm³/mol. The quantitative estimate of drug-likeness (QED) is 0.129. The Labute approximate surface area is 234 Å². The van der Waals surface area contributed by atoms with Crippen molar-refractivity contribution < 1.29 is 13.0 Å². The van der Waals surface area contributed by atoms with Crippen LogP contribution < -0.4 is 0 Å². The van der Waals surface area contributed by atoms with Crippen molar-refractivity contribution >= 4 is 58.6 Å². The first-order chi connectivity index (χ1) is 15.4. The van der Waals surface area contributed by atoms with Crippen molar-refractivity contribution in [3.63, 3.8) is 0 Å². The van der Waals surface area contributed by atoms with Crippen molar-refractivity contribution in [3.05, 3.63) is 56.3 Å². The molecule has 0 saturated heterocycles. The van der Waals surface area contributed by atoms with Crippen LogP contribution in [0.4, 0.5) is 0 Å². The van der Waals surface area contributed by atoms with Gasteiger partial charge >= 0.3 is 37.7 Å². The molecule has 0 saturated carbocycles. The zero-order chi connectivity index (χ0) is 24.1. The fourth-order valence-corrected chi connectivity index (χ4v) is 4.05. The number of hydrogen-bond acceptors (Lipinski definition) is 2. The minimum absolute atomic E-state index is 0. The second kappa shape index (κ2) is 23.6.